The van der Waals surface area contributed by atoms with Crippen LogP contribution in [0.2, 0.25) is 0 Å². The van der Waals surface area contributed by atoms with Gasteiger partial charge in [-0.15, -0.1) is 0 Å². The molecule has 124 valence electrons. The van der Waals surface area contributed by atoms with Crippen LogP contribution in [-0.4, -0.2) is 47.9 Å². The fourth-order valence-electron chi connectivity index (χ4n) is 2.79. The minimum Gasteiger partial charge on any atom is -0.351 e. The number of nitrogens with two attached hydrogens (primary N) is 1. The van der Waals surface area contributed by atoms with Crippen molar-refractivity contribution in [3.63, 3.8) is 0 Å². The van der Waals surface area contributed by atoms with E-state index >= 15 is 0 Å². The zero-order chi connectivity index (χ0) is 17.0. The van der Waals surface area contributed by atoms with Crippen LogP contribution in [0.4, 0.5) is 4.79 Å². The molecule has 2 rings (SSSR count). The molecule has 3 amide bonds. The lowest BCUT2D eigenvalue weighted by Gasteiger charge is -2.19. The van der Waals surface area contributed by atoms with Gasteiger partial charge in [0.05, 0.1) is 0 Å². The van der Waals surface area contributed by atoms with Crippen molar-refractivity contribution in [2.24, 2.45) is 5.73 Å². The van der Waals surface area contributed by atoms with Crippen LogP contribution in [0.3, 0.4) is 0 Å². The summed E-state index contributed by atoms with van der Waals surface area (Å²) in [5, 5.41) is 0. The van der Waals surface area contributed by atoms with E-state index in [9.17, 15) is 9.59 Å². The number of benzene rings is 1. The van der Waals surface area contributed by atoms with E-state index in [-0.39, 0.29) is 5.91 Å². The highest BCUT2D eigenvalue weighted by atomic mass is 16.2. The molecule has 0 atom stereocenters. The number of aryl methyl sites for hydroxylation is 3. The van der Waals surface area contributed by atoms with Gasteiger partial charge in [-0.05, 0) is 55.5 Å². The van der Waals surface area contributed by atoms with Gasteiger partial charge in [-0.1, -0.05) is 12.1 Å². The Labute approximate surface area is 137 Å². The maximum Gasteiger partial charge on any atom is 0.314 e. The highest BCUT2D eigenvalue weighted by molar-refractivity contribution is 5.92. The summed E-state index contributed by atoms with van der Waals surface area (Å²) in [5.41, 5.74) is 10.0. The normalized spacial score (nSPS) is 15.8. The molecule has 5 heteroatoms. The summed E-state index contributed by atoms with van der Waals surface area (Å²) in [5.74, 6) is -0.0195. The Balaban J connectivity index is 2.04. The smallest absolute Gasteiger partial charge is 0.314 e. The van der Waals surface area contributed by atoms with Crippen LogP contribution in [0.5, 0.6) is 0 Å². The minimum atomic E-state index is -0.416. The van der Waals surface area contributed by atoms with Gasteiger partial charge in [-0.2, -0.15) is 0 Å². The van der Waals surface area contributed by atoms with Gasteiger partial charge in [-0.3, -0.25) is 4.79 Å². The molecule has 1 saturated heterocycles. The third-order valence-electron chi connectivity index (χ3n) is 4.41. The van der Waals surface area contributed by atoms with Gasteiger partial charge in [0, 0.05) is 32.3 Å². The van der Waals surface area contributed by atoms with E-state index in [4.69, 9.17) is 5.73 Å². The average molecular weight is 315 g/mol. The third-order valence-corrected chi connectivity index (χ3v) is 4.41. The maximum atomic E-state index is 12.4. The van der Waals surface area contributed by atoms with E-state index in [0.29, 0.717) is 26.2 Å². The second-order valence-corrected chi connectivity index (χ2v) is 6.13. The van der Waals surface area contributed by atoms with E-state index in [0.717, 1.165) is 17.5 Å². The van der Waals surface area contributed by atoms with Gasteiger partial charge in [0.25, 0.3) is 0 Å². The van der Waals surface area contributed by atoms with Crippen LogP contribution >= 0.6 is 0 Å². The van der Waals surface area contributed by atoms with Crippen LogP contribution in [0.15, 0.2) is 18.2 Å². The largest absolute Gasteiger partial charge is 0.351 e. The summed E-state index contributed by atoms with van der Waals surface area (Å²) in [6.45, 7) is 8.49. The highest BCUT2D eigenvalue weighted by Crippen LogP contribution is 2.17. The zero-order valence-electron chi connectivity index (χ0n) is 14.1. The predicted molar refractivity (Wildman–Crippen MR) is 92.0 cm³/mol. The van der Waals surface area contributed by atoms with Crippen LogP contribution in [-0.2, 0) is 4.79 Å². The predicted octanol–water partition coefficient (Wildman–Crippen LogP) is 2.24. The number of urea groups is 1. The fourth-order valence-corrected chi connectivity index (χ4v) is 2.79. The van der Waals surface area contributed by atoms with Crippen LogP contribution in [0.1, 0.15) is 28.7 Å². The molecule has 1 aliphatic heterocycles. The van der Waals surface area contributed by atoms with Crippen LogP contribution < -0.4 is 5.73 Å². The molecule has 1 aliphatic rings. The fraction of sp³-hybridized carbons (Fsp3) is 0.444. The quantitative estimate of drug-likeness (QED) is 0.851. The third kappa shape index (κ3) is 4.34. The van der Waals surface area contributed by atoms with Gasteiger partial charge in [-0.25, -0.2) is 4.79 Å². The number of carbonyl (C=O) groups excluding carboxylic acids is 2. The first-order valence-electron chi connectivity index (χ1n) is 7.97. The standard InChI is InChI=1S/C18H25N3O2/c1-13-11-15(3)16(12-14(13)2)5-6-17(22)20-7-4-8-21(10-9-20)18(19)23/h5-6,11-12H,4,7-10H2,1-3H3,(H2,19,23)/b6-5+. The Hall–Kier alpha value is -2.30. The van der Waals surface area contributed by atoms with Crippen LogP contribution in [0.25, 0.3) is 6.08 Å². The molecule has 23 heavy (non-hydrogen) atoms. The Bertz CT molecular complexity index is 637. The molecule has 0 bridgehead atoms. The summed E-state index contributed by atoms with van der Waals surface area (Å²) in [7, 11) is 0. The summed E-state index contributed by atoms with van der Waals surface area (Å²) in [4.78, 5) is 27.0. The first kappa shape index (κ1) is 17.1. The molecule has 1 aromatic rings. The first-order chi connectivity index (χ1) is 10.9. The monoisotopic (exact) mass is 315 g/mol. The van der Waals surface area contributed by atoms with E-state index in [1.807, 2.05) is 13.0 Å². The van der Waals surface area contributed by atoms with Crippen molar-refractivity contribution in [2.75, 3.05) is 26.2 Å². The summed E-state index contributed by atoms with van der Waals surface area (Å²) in [6, 6.07) is 3.82. The van der Waals surface area contributed by atoms with E-state index in [2.05, 4.69) is 26.0 Å². The molecule has 0 saturated carbocycles. The number of rotatable bonds is 2. The number of hydrogen-bond donors (Lipinski definition) is 1. The molecule has 0 aliphatic carbocycles. The number of nitrogens with zero attached hydrogens (tertiary/aromatic N) is 2. The SMILES string of the molecule is Cc1cc(C)c(/C=C/C(=O)N2CCCN(C(N)=O)CC2)cc1C. The van der Waals surface area contributed by atoms with Gasteiger partial charge in [0.2, 0.25) is 5.91 Å². The summed E-state index contributed by atoms with van der Waals surface area (Å²) >= 11 is 0. The number of carbonyl (C=O) groups is 2. The molecule has 1 heterocycles. The van der Waals surface area contributed by atoms with E-state index in [1.54, 1.807) is 15.9 Å². The molecule has 0 radical (unpaired) electrons. The number of hydrogen-bond acceptors (Lipinski definition) is 2. The van der Waals surface area contributed by atoms with Crippen molar-refractivity contribution in [3.8, 4) is 0 Å². The van der Waals surface area contributed by atoms with Crippen LogP contribution in [0, 0.1) is 20.8 Å². The van der Waals surface area contributed by atoms with Crippen molar-refractivity contribution in [2.45, 2.75) is 27.2 Å². The minimum absolute atomic E-state index is 0.0195. The van der Waals surface area contributed by atoms with Gasteiger partial charge < -0.3 is 15.5 Å². The van der Waals surface area contributed by atoms with Crippen molar-refractivity contribution >= 4 is 18.0 Å². The molecule has 2 N–H and O–H groups in total. The zero-order valence-corrected chi connectivity index (χ0v) is 14.1. The second-order valence-electron chi connectivity index (χ2n) is 6.13. The molecule has 0 unspecified atom stereocenters. The first-order valence-corrected chi connectivity index (χ1v) is 7.97. The topological polar surface area (TPSA) is 66.6 Å². The van der Waals surface area contributed by atoms with Crippen molar-refractivity contribution in [1.29, 1.82) is 0 Å². The molecule has 0 spiro atoms. The molecular weight excluding hydrogens is 290 g/mol. The number of primary amides is 1. The van der Waals surface area contributed by atoms with Gasteiger partial charge >= 0.3 is 6.03 Å². The van der Waals surface area contributed by atoms with Gasteiger partial charge in [0.1, 0.15) is 0 Å². The average Bonchev–Trinajstić information content (AvgIpc) is 2.75. The Kier molecular flexibility index (Phi) is 5.42. The van der Waals surface area contributed by atoms with E-state index in [1.165, 1.54) is 11.1 Å². The summed E-state index contributed by atoms with van der Waals surface area (Å²) in [6.07, 6.45) is 4.25. The molecule has 5 nitrogen and oxygen atoms in total. The van der Waals surface area contributed by atoms with Crippen molar-refractivity contribution < 1.29 is 9.59 Å². The number of amides is 3. The van der Waals surface area contributed by atoms with Gasteiger partial charge in [0.15, 0.2) is 0 Å². The molecule has 1 fully saturated rings. The molecule has 0 aromatic heterocycles. The Morgan fingerprint density at radius 1 is 0.957 bits per heavy atom. The maximum absolute atomic E-state index is 12.4. The molecular formula is C18H25N3O2. The van der Waals surface area contributed by atoms with Crippen molar-refractivity contribution in [1.82, 2.24) is 9.80 Å². The second kappa shape index (κ2) is 7.31. The molecule has 1 aromatic carbocycles. The van der Waals surface area contributed by atoms with Crippen molar-refractivity contribution in [3.05, 3.63) is 40.5 Å². The Morgan fingerprint density at radius 3 is 2.26 bits per heavy atom. The lowest BCUT2D eigenvalue weighted by molar-refractivity contribution is -0.125. The lowest BCUT2D eigenvalue weighted by Crippen LogP contribution is -2.39. The highest BCUT2D eigenvalue weighted by Gasteiger charge is 2.19. The summed E-state index contributed by atoms with van der Waals surface area (Å²) < 4.78 is 0. The Morgan fingerprint density at radius 2 is 1.57 bits per heavy atom. The van der Waals surface area contributed by atoms with E-state index < -0.39 is 6.03 Å². The lowest BCUT2D eigenvalue weighted by atomic mass is 10.0.